The maximum absolute atomic E-state index is 12.5. The van der Waals surface area contributed by atoms with Gasteiger partial charge in [0.1, 0.15) is 17.1 Å². The van der Waals surface area contributed by atoms with Crippen LogP contribution in [0.4, 0.5) is 22.9 Å². The zero-order chi connectivity index (χ0) is 21.4. The Morgan fingerprint density at radius 1 is 1.16 bits per heavy atom. The topological polar surface area (TPSA) is 80.8 Å². The number of fused-ring (bicyclic) bond motifs is 1. The first-order valence-electron chi connectivity index (χ1n) is 10.1. The molecule has 0 spiro atoms. The lowest BCUT2D eigenvalue weighted by Crippen LogP contribution is -2.35. The summed E-state index contributed by atoms with van der Waals surface area (Å²) < 4.78 is 10.6. The summed E-state index contributed by atoms with van der Waals surface area (Å²) in [4.78, 5) is 30.9. The van der Waals surface area contributed by atoms with Crippen molar-refractivity contribution in [2.24, 2.45) is 0 Å². The summed E-state index contributed by atoms with van der Waals surface area (Å²) in [7, 11) is 1.36. The molecule has 1 aliphatic carbocycles. The number of anilines is 4. The van der Waals surface area contributed by atoms with E-state index >= 15 is 0 Å². The summed E-state index contributed by atoms with van der Waals surface area (Å²) in [6.45, 7) is -0.0485. The molecule has 31 heavy (non-hydrogen) atoms. The van der Waals surface area contributed by atoms with E-state index in [1.54, 1.807) is 17.2 Å². The summed E-state index contributed by atoms with van der Waals surface area (Å²) in [5, 5.41) is 3.19. The quantitative estimate of drug-likeness (QED) is 0.616. The Kier molecular flexibility index (Phi) is 4.78. The molecule has 1 N–H and O–H groups in total. The number of carbonyl (C=O) groups is 2. The summed E-state index contributed by atoms with van der Waals surface area (Å²) in [5.41, 5.74) is 3.59. The van der Waals surface area contributed by atoms with Crippen LogP contribution in [0.5, 0.6) is 5.75 Å². The van der Waals surface area contributed by atoms with Crippen molar-refractivity contribution in [3.05, 3.63) is 71.9 Å². The fraction of sp³-hybridized carbons (Fsp3) is 0.208. The maximum Gasteiger partial charge on any atom is 0.341 e. The van der Waals surface area contributed by atoms with Crippen molar-refractivity contribution in [2.75, 3.05) is 23.9 Å². The molecule has 0 saturated heterocycles. The minimum atomic E-state index is -0.437. The Morgan fingerprint density at radius 2 is 1.97 bits per heavy atom. The molecular weight excluding hydrogens is 394 g/mol. The van der Waals surface area contributed by atoms with E-state index in [-0.39, 0.29) is 12.5 Å². The van der Waals surface area contributed by atoms with Crippen molar-refractivity contribution in [1.29, 1.82) is 0 Å². The average molecular weight is 415 g/mol. The van der Waals surface area contributed by atoms with Crippen LogP contribution in [0.3, 0.4) is 0 Å². The Labute approximate surface area is 179 Å². The van der Waals surface area contributed by atoms with Crippen molar-refractivity contribution in [3.8, 4) is 5.75 Å². The molecule has 2 aromatic carbocycles. The molecule has 0 unspecified atom stereocenters. The number of amides is 1. The number of aromatic nitrogens is 1. The second-order valence-electron chi connectivity index (χ2n) is 7.59. The van der Waals surface area contributed by atoms with Gasteiger partial charge in [-0.2, -0.15) is 0 Å². The number of nitrogens with one attached hydrogen (secondary N) is 1. The molecule has 2 aliphatic rings. The highest BCUT2D eigenvalue weighted by molar-refractivity contribution is 6.04. The minimum absolute atomic E-state index is 0.0485. The first-order valence-corrected chi connectivity index (χ1v) is 10.1. The van der Waals surface area contributed by atoms with Crippen LogP contribution in [0, 0.1) is 0 Å². The molecule has 1 aromatic heterocycles. The average Bonchev–Trinajstić information content (AvgIpc) is 3.65. The van der Waals surface area contributed by atoms with Gasteiger partial charge in [0.2, 0.25) is 0 Å². The molecule has 0 atom stereocenters. The van der Waals surface area contributed by atoms with E-state index in [2.05, 4.69) is 10.3 Å². The molecule has 5 rings (SSSR count). The maximum atomic E-state index is 12.5. The summed E-state index contributed by atoms with van der Waals surface area (Å²) in [6.07, 6.45) is 4.04. The van der Waals surface area contributed by atoms with E-state index in [1.165, 1.54) is 7.11 Å². The van der Waals surface area contributed by atoms with Crippen LogP contribution in [0.1, 0.15) is 34.7 Å². The van der Waals surface area contributed by atoms with Crippen LogP contribution in [0.25, 0.3) is 0 Å². The Hall–Kier alpha value is -3.87. The first kappa shape index (κ1) is 19.1. The molecule has 2 heterocycles. The first-order chi connectivity index (χ1) is 15.1. The van der Waals surface area contributed by atoms with Crippen molar-refractivity contribution in [1.82, 2.24) is 4.98 Å². The van der Waals surface area contributed by atoms with Gasteiger partial charge < -0.3 is 14.8 Å². The smallest absolute Gasteiger partial charge is 0.341 e. The summed E-state index contributed by atoms with van der Waals surface area (Å²) in [5.74, 6) is 0.895. The zero-order valence-electron chi connectivity index (χ0n) is 17.0. The van der Waals surface area contributed by atoms with Gasteiger partial charge in [0.25, 0.3) is 5.91 Å². The van der Waals surface area contributed by atoms with Crippen LogP contribution in [0.2, 0.25) is 0 Å². The lowest BCUT2D eigenvalue weighted by atomic mass is 10.1. The lowest BCUT2D eigenvalue weighted by molar-refractivity contribution is -0.120. The van der Waals surface area contributed by atoms with Gasteiger partial charge in [0.05, 0.1) is 12.8 Å². The highest BCUT2D eigenvalue weighted by atomic mass is 16.5. The molecular formula is C24H21N3O4. The highest BCUT2D eigenvalue weighted by Crippen LogP contribution is 2.42. The lowest BCUT2D eigenvalue weighted by Gasteiger charge is -2.29. The third-order valence-electron chi connectivity index (χ3n) is 5.44. The SMILES string of the molecule is COC(=O)c1cc(C2CC2)cnc1Nc1ccc2c(c1)OCC(=O)N2c1ccccc1. The van der Waals surface area contributed by atoms with Crippen LogP contribution < -0.4 is 15.0 Å². The molecule has 3 aromatic rings. The third-order valence-corrected chi connectivity index (χ3v) is 5.44. The van der Waals surface area contributed by atoms with E-state index < -0.39 is 5.97 Å². The predicted octanol–water partition coefficient (Wildman–Crippen LogP) is 4.55. The molecule has 1 aliphatic heterocycles. The van der Waals surface area contributed by atoms with Crippen molar-refractivity contribution in [2.45, 2.75) is 18.8 Å². The minimum Gasteiger partial charge on any atom is -0.481 e. The molecule has 0 radical (unpaired) electrons. The second kappa shape index (κ2) is 7.75. The Bertz CT molecular complexity index is 1160. The van der Waals surface area contributed by atoms with E-state index in [4.69, 9.17) is 9.47 Å². The van der Waals surface area contributed by atoms with Crippen molar-refractivity contribution in [3.63, 3.8) is 0 Å². The van der Waals surface area contributed by atoms with Gasteiger partial charge in [0, 0.05) is 23.6 Å². The van der Waals surface area contributed by atoms with Gasteiger partial charge in [-0.25, -0.2) is 9.78 Å². The van der Waals surface area contributed by atoms with Gasteiger partial charge >= 0.3 is 5.97 Å². The molecule has 7 heteroatoms. The molecule has 1 saturated carbocycles. The van der Waals surface area contributed by atoms with Crippen LogP contribution in [-0.2, 0) is 9.53 Å². The molecule has 0 bridgehead atoms. The van der Waals surface area contributed by atoms with Gasteiger partial charge in [0.15, 0.2) is 6.61 Å². The normalized spacial score (nSPS) is 15.1. The third kappa shape index (κ3) is 3.70. The van der Waals surface area contributed by atoms with E-state index in [0.29, 0.717) is 34.4 Å². The number of pyridine rings is 1. The highest BCUT2D eigenvalue weighted by Gasteiger charge is 2.28. The fourth-order valence-electron chi connectivity index (χ4n) is 3.71. The number of para-hydroxylation sites is 1. The molecule has 7 nitrogen and oxygen atoms in total. The van der Waals surface area contributed by atoms with Crippen LogP contribution in [-0.4, -0.2) is 30.6 Å². The number of esters is 1. The van der Waals surface area contributed by atoms with Gasteiger partial charge in [-0.05, 0) is 54.7 Å². The number of hydrogen-bond acceptors (Lipinski definition) is 6. The molecule has 156 valence electrons. The fourth-order valence-corrected chi connectivity index (χ4v) is 3.71. The monoisotopic (exact) mass is 415 g/mol. The Morgan fingerprint density at radius 3 is 2.71 bits per heavy atom. The number of ether oxygens (including phenoxy) is 2. The van der Waals surface area contributed by atoms with Crippen molar-refractivity contribution < 1.29 is 19.1 Å². The van der Waals surface area contributed by atoms with Gasteiger partial charge in [-0.1, -0.05) is 18.2 Å². The van der Waals surface area contributed by atoms with Crippen molar-refractivity contribution >= 4 is 34.8 Å². The number of carbonyl (C=O) groups excluding carboxylic acids is 2. The second-order valence-corrected chi connectivity index (χ2v) is 7.59. The van der Waals surface area contributed by atoms with Gasteiger partial charge in [-0.3, -0.25) is 9.69 Å². The van der Waals surface area contributed by atoms with Gasteiger partial charge in [-0.15, -0.1) is 0 Å². The van der Waals surface area contributed by atoms with Crippen LogP contribution in [0.15, 0.2) is 60.8 Å². The molecule has 1 fully saturated rings. The molecule has 1 amide bonds. The van der Waals surface area contributed by atoms with E-state index in [0.717, 1.165) is 24.1 Å². The summed E-state index contributed by atoms with van der Waals surface area (Å²) >= 11 is 0. The summed E-state index contributed by atoms with van der Waals surface area (Å²) in [6, 6.07) is 16.7. The standard InChI is InChI=1S/C24H21N3O4/c1-30-24(29)19-11-16(15-7-8-15)13-25-23(19)26-17-9-10-20-21(12-17)31-14-22(28)27(20)18-5-3-2-4-6-18/h2-6,9-13,15H,7-8,14H2,1H3,(H,25,26). The number of benzene rings is 2. The zero-order valence-corrected chi connectivity index (χ0v) is 17.0. The predicted molar refractivity (Wildman–Crippen MR) is 116 cm³/mol. The van der Waals surface area contributed by atoms with E-state index in [1.807, 2.05) is 48.5 Å². The number of methoxy groups -OCH3 is 1. The number of hydrogen-bond donors (Lipinski definition) is 1. The van der Waals surface area contributed by atoms with Crippen LogP contribution >= 0.6 is 0 Å². The van der Waals surface area contributed by atoms with E-state index in [9.17, 15) is 9.59 Å². The number of rotatable bonds is 5. The Balaban J connectivity index is 1.47. The number of nitrogens with zero attached hydrogens (tertiary/aromatic N) is 2. The largest absolute Gasteiger partial charge is 0.481 e.